The Morgan fingerprint density at radius 2 is 1.90 bits per heavy atom. The number of rotatable bonds is 5. The first kappa shape index (κ1) is 19.2. The highest BCUT2D eigenvalue weighted by atomic mass is 35.5. The van der Waals surface area contributed by atoms with Gasteiger partial charge in [-0.15, -0.1) is 0 Å². The zero-order valence-corrected chi connectivity index (χ0v) is 17.3. The van der Waals surface area contributed by atoms with Crippen molar-refractivity contribution in [3.05, 3.63) is 83.5 Å². The Hall–Kier alpha value is -3.09. The van der Waals surface area contributed by atoms with Crippen LogP contribution in [0.5, 0.6) is 5.75 Å². The first-order valence-electron chi connectivity index (χ1n) is 9.04. The Morgan fingerprint density at radius 1 is 1.07 bits per heavy atom. The molecule has 0 aliphatic carbocycles. The molecule has 0 aliphatic heterocycles. The molecule has 146 valence electrons. The van der Waals surface area contributed by atoms with Gasteiger partial charge in [0, 0.05) is 17.3 Å². The lowest BCUT2D eigenvalue weighted by atomic mass is 10.0. The third kappa shape index (κ3) is 4.50. The van der Waals surface area contributed by atoms with Gasteiger partial charge in [-0.3, -0.25) is 4.68 Å². The summed E-state index contributed by atoms with van der Waals surface area (Å²) in [6.07, 6.45) is 1.92. The molecule has 4 rings (SSSR count). The molecule has 1 aromatic heterocycles. The second-order valence-electron chi connectivity index (χ2n) is 6.46. The first-order valence-corrected chi connectivity index (χ1v) is 9.82. The SMILES string of the molecule is COc1ccc(Cl)cc1NC(=S)Nc1ccn(Cc2cccc3ccccc23)n1. The van der Waals surface area contributed by atoms with Crippen molar-refractivity contribution in [3.8, 4) is 5.75 Å². The molecule has 0 fully saturated rings. The third-order valence-electron chi connectivity index (χ3n) is 4.50. The zero-order valence-electron chi connectivity index (χ0n) is 15.7. The molecule has 0 spiro atoms. The molecule has 7 heteroatoms. The van der Waals surface area contributed by atoms with Crippen molar-refractivity contribution in [1.82, 2.24) is 9.78 Å². The maximum Gasteiger partial charge on any atom is 0.176 e. The summed E-state index contributed by atoms with van der Waals surface area (Å²) < 4.78 is 7.21. The second kappa shape index (κ2) is 8.51. The minimum atomic E-state index is 0.404. The van der Waals surface area contributed by atoms with E-state index in [-0.39, 0.29) is 0 Å². The second-order valence-corrected chi connectivity index (χ2v) is 7.31. The predicted molar refractivity (Wildman–Crippen MR) is 123 cm³/mol. The van der Waals surface area contributed by atoms with Gasteiger partial charge < -0.3 is 15.4 Å². The summed E-state index contributed by atoms with van der Waals surface area (Å²) in [6.45, 7) is 0.672. The average molecular weight is 423 g/mol. The van der Waals surface area contributed by atoms with Crippen molar-refractivity contribution in [2.45, 2.75) is 6.54 Å². The monoisotopic (exact) mass is 422 g/mol. The number of hydrogen-bond acceptors (Lipinski definition) is 3. The number of nitrogens with zero attached hydrogens (tertiary/aromatic N) is 2. The summed E-state index contributed by atoms with van der Waals surface area (Å²) in [5.74, 6) is 1.31. The molecular formula is C22H19ClN4OS. The van der Waals surface area contributed by atoms with Gasteiger partial charge >= 0.3 is 0 Å². The average Bonchev–Trinajstić information content (AvgIpc) is 3.15. The van der Waals surface area contributed by atoms with E-state index in [2.05, 4.69) is 52.1 Å². The van der Waals surface area contributed by atoms with Crippen LogP contribution >= 0.6 is 23.8 Å². The van der Waals surface area contributed by atoms with Crippen molar-refractivity contribution in [1.29, 1.82) is 0 Å². The number of fused-ring (bicyclic) bond motifs is 1. The molecule has 29 heavy (non-hydrogen) atoms. The Labute approximate surface area is 179 Å². The van der Waals surface area contributed by atoms with Crippen molar-refractivity contribution in [3.63, 3.8) is 0 Å². The van der Waals surface area contributed by atoms with Crippen LogP contribution in [-0.4, -0.2) is 22.0 Å². The Morgan fingerprint density at radius 3 is 2.76 bits per heavy atom. The number of aromatic nitrogens is 2. The van der Waals surface area contributed by atoms with E-state index < -0.39 is 0 Å². The van der Waals surface area contributed by atoms with E-state index in [1.807, 2.05) is 23.0 Å². The van der Waals surface area contributed by atoms with Crippen LogP contribution in [0, 0.1) is 0 Å². The van der Waals surface area contributed by atoms with Gasteiger partial charge in [-0.25, -0.2) is 0 Å². The molecule has 1 heterocycles. The first-order chi connectivity index (χ1) is 14.1. The maximum absolute atomic E-state index is 6.06. The lowest BCUT2D eigenvalue weighted by Gasteiger charge is -2.12. The van der Waals surface area contributed by atoms with Gasteiger partial charge in [0.25, 0.3) is 0 Å². The van der Waals surface area contributed by atoms with Crippen LogP contribution in [0.15, 0.2) is 72.9 Å². The molecule has 0 saturated carbocycles. The van der Waals surface area contributed by atoms with Crippen LogP contribution in [0.4, 0.5) is 11.5 Å². The summed E-state index contributed by atoms with van der Waals surface area (Å²) in [6, 6.07) is 21.8. The summed E-state index contributed by atoms with van der Waals surface area (Å²) in [7, 11) is 1.60. The number of nitrogens with one attached hydrogen (secondary N) is 2. The maximum atomic E-state index is 6.06. The number of benzene rings is 3. The fraction of sp³-hybridized carbons (Fsp3) is 0.0909. The number of thiocarbonyl (C=S) groups is 1. The molecule has 0 saturated heterocycles. The van der Waals surface area contributed by atoms with Gasteiger partial charge in [-0.2, -0.15) is 5.10 Å². The van der Waals surface area contributed by atoms with Gasteiger partial charge in [0.15, 0.2) is 10.9 Å². The minimum Gasteiger partial charge on any atom is -0.495 e. The molecule has 0 amide bonds. The number of methoxy groups -OCH3 is 1. The van der Waals surface area contributed by atoms with Crippen molar-refractivity contribution >= 4 is 51.2 Å². The van der Waals surface area contributed by atoms with Crippen LogP contribution in [0.3, 0.4) is 0 Å². The molecule has 0 radical (unpaired) electrons. The quantitative estimate of drug-likeness (QED) is 0.412. The number of anilines is 2. The molecule has 4 aromatic rings. The van der Waals surface area contributed by atoms with Gasteiger partial charge in [0.2, 0.25) is 0 Å². The molecule has 5 nitrogen and oxygen atoms in total. The van der Waals surface area contributed by atoms with Crippen LogP contribution in [0.2, 0.25) is 5.02 Å². The lowest BCUT2D eigenvalue weighted by molar-refractivity contribution is 0.417. The molecule has 0 atom stereocenters. The summed E-state index contributed by atoms with van der Waals surface area (Å²) >= 11 is 11.5. The Kier molecular flexibility index (Phi) is 5.64. The van der Waals surface area contributed by atoms with Crippen LogP contribution < -0.4 is 15.4 Å². The van der Waals surface area contributed by atoms with E-state index in [9.17, 15) is 0 Å². The fourth-order valence-corrected chi connectivity index (χ4v) is 3.56. The van der Waals surface area contributed by atoms with Crippen molar-refractivity contribution in [2.75, 3.05) is 17.7 Å². The van der Waals surface area contributed by atoms with E-state index in [0.717, 1.165) is 0 Å². The summed E-state index contributed by atoms with van der Waals surface area (Å²) in [5, 5.41) is 14.2. The molecule has 3 aromatic carbocycles. The van der Waals surface area contributed by atoms with E-state index >= 15 is 0 Å². The topological polar surface area (TPSA) is 51.1 Å². The standard InChI is InChI=1S/C22H19ClN4OS/c1-28-20-10-9-17(23)13-19(20)24-22(29)25-21-11-12-27(26-21)14-16-7-4-6-15-5-2-3-8-18(15)16/h2-13H,14H2,1H3,(H2,24,25,26,29). The van der Waals surface area contributed by atoms with Gasteiger partial charge in [-0.1, -0.05) is 54.1 Å². The van der Waals surface area contributed by atoms with Gasteiger partial charge in [0.05, 0.1) is 19.3 Å². The summed E-state index contributed by atoms with van der Waals surface area (Å²) in [5.41, 5.74) is 1.90. The van der Waals surface area contributed by atoms with E-state index in [1.165, 1.54) is 16.3 Å². The van der Waals surface area contributed by atoms with Gasteiger partial charge in [-0.05, 0) is 46.8 Å². The van der Waals surface area contributed by atoms with Crippen molar-refractivity contribution in [2.24, 2.45) is 0 Å². The minimum absolute atomic E-state index is 0.404. The van der Waals surface area contributed by atoms with Crippen LogP contribution in [0.25, 0.3) is 10.8 Å². The lowest BCUT2D eigenvalue weighted by Crippen LogP contribution is -2.20. The largest absolute Gasteiger partial charge is 0.495 e. The van der Waals surface area contributed by atoms with E-state index in [0.29, 0.717) is 33.9 Å². The smallest absolute Gasteiger partial charge is 0.176 e. The van der Waals surface area contributed by atoms with E-state index in [4.69, 9.17) is 28.6 Å². The molecule has 0 unspecified atom stereocenters. The molecule has 0 bridgehead atoms. The molecular weight excluding hydrogens is 404 g/mol. The van der Waals surface area contributed by atoms with Crippen molar-refractivity contribution < 1.29 is 4.74 Å². The van der Waals surface area contributed by atoms with Crippen LogP contribution in [-0.2, 0) is 6.54 Å². The zero-order chi connectivity index (χ0) is 20.2. The Balaban J connectivity index is 1.45. The van der Waals surface area contributed by atoms with E-state index in [1.54, 1.807) is 25.3 Å². The highest BCUT2D eigenvalue weighted by Crippen LogP contribution is 2.27. The Bertz CT molecular complexity index is 1170. The predicted octanol–water partition coefficient (Wildman–Crippen LogP) is 5.56. The normalized spacial score (nSPS) is 10.7. The van der Waals surface area contributed by atoms with Gasteiger partial charge in [0.1, 0.15) is 5.75 Å². The number of halogens is 1. The molecule has 0 aliphatic rings. The summed E-state index contributed by atoms with van der Waals surface area (Å²) in [4.78, 5) is 0. The highest BCUT2D eigenvalue weighted by molar-refractivity contribution is 7.80. The number of hydrogen-bond donors (Lipinski definition) is 2. The number of ether oxygens (including phenoxy) is 1. The molecule has 2 N–H and O–H groups in total. The highest BCUT2D eigenvalue weighted by Gasteiger charge is 2.08. The fourth-order valence-electron chi connectivity index (χ4n) is 3.17. The third-order valence-corrected chi connectivity index (χ3v) is 4.94. The van der Waals surface area contributed by atoms with Crippen LogP contribution in [0.1, 0.15) is 5.56 Å².